The van der Waals surface area contributed by atoms with E-state index in [0.717, 1.165) is 27.9 Å². The summed E-state index contributed by atoms with van der Waals surface area (Å²) in [6.45, 7) is 6.04. The van der Waals surface area contributed by atoms with Crippen LogP contribution < -0.4 is 5.32 Å². The van der Waals surface area contributed by atoms with Crippen LogP contribution in [0.3, 0.4) is 0 Å². The quantitative estimate of drug-likeness (QED) is 0.912. The van der Waals surface area contributed by atoms with Crippen molar-refractivity contribution in [2.75, 3.05) is 7.05 Å². The predicted octanol–water partition coefficient (Wildman–Crippen LogP) is 3.45. The molecule has 0 aliphatic carbocycles. The van der Waals surface area contributed by atoms with Gasteiger partial charge in [-0.1, -0.05) is 12.1 Å². The highest BCUT2D eigenvalue weighted by Gasteiger charge is 2.18. The number of hydrogen-bond acceptors (Lipinski definition) is 2. The van der Waals surface area contributed by atoms with Gasteiger partial charge in [-0.25, -0.2) is 4.39 Å². The lowest BCUT2D eigenvalue weighted by Crippen LogP contribution is -2.21. The van der Waals surface area contributed by atoms with Crippen LogP contribution in [0.1, 0.15) is 34.0 Å². The van der Waals surface area contributed by atoms with Gasteiger partial charge in [0.25, 0.3) is 0 Å². The van der Waals surface area contributed by atoms with Gasteiger partial charge in [0.15, 0.2) is 0 Å². The second-order valence-electron chi connectivity index (χ2n) is 4.94. The van der Waals surface area contributed by atoms with Gasteiger partial charge in [0.1, 0.15) is 5.82 Å². The maximum absolute atomic E-state index is 13.5. The fourth-order valence-electron chi connectivity index (χ4n) is 2.39. The van der Waals surface area contributed by atoms with Crippen LogP contribution in [-0.2, 0) is 0 Å². The minimum Gasteiger partial charge on any atom is -0.308 e. The van der Waals surface area contributed by atoms with Crippen molar-refractivity contribution in [3.05, 3.63) is 64.2 Å². The van der Waals surface area contributed by atoms with Gasteiger partial charge in [-0.05, 0) is 62.2 Å². The molecule has 0 radical (unpaired) electrons. The minimum absolute atomic E-state index is 0.0868. The third kappa shape index (κ3) is 2.82. The molecule has 1 heterocycles. The van der Waals surface area contributed by atoms with E-state index in [1.807, 2.05) is 34.0 Å². The average molecular weight is 258 g/mol. The van der Waals surface area contributed by atoms with Crippen molar-refractivity contribution in [1.29, 1.82) is 0 Å². The van der Waals surface area contributed by atoms with Crippen molar-refractivity contribution in [2.24, 2.45) is 0 Å². The molecule has 2 rings (SSSR count). The molecule has 0 saturated heterocycles. The molecule has 0 fully saturated rings. The molecule has 0 saturated carbocycles. The van der Waals surface area contributed by atoms with Crippen LogP contribution in [0.4, 0.5) is 4.39 Å². The summed E-state index contributed by atoms with van der Waals surface area (Å²) in [4.78, 5) is 4.51. The summed E-state index contributed by atoms with van der Waals surface area (Å²) in [6.07, 6.45) is 1.85. The Morgan fingerprint density at radius 3 is 2.47 bits per heavy atom. The first kappa shape index (κ1) is 13.7. The van der Waals surface area contributed by atoms with Gasteiger partial charge in [-0.2, -0.15) is 0 Å². The first-order chi connectivity index (χ1) is 9.02. The van der Waals surface area contributed by atoms with E-state index in [-0.39, 0.29) is 11.9 Å². The Balaban J connectivity index is 2.52. The van der Waals surface area contributed by atoms with Crippen LogP contribution in [0.2, 0.25) is 0 Å². The number of nitrogens with zero attached hydrogens (tertiary/aromatic N) is 1. The number of aromatic nitrogens is 1. The van der Waals surface area contributed by atoms with Crippen molar-refractivity contribution in [1.82, 2.24) is 10.3 Å². The Morgan fingerprint density at radius 2 is 1.84 bits per heavy atom. The lowest BCUT2D eigenvalue weighted by molar-refractivity contribution is 0.611. The van der Waals surface area contributed by atoms with Gasteiger partial charge in [-0.15, -0.1) is 0 Å². The van der Waals surface area contributed by atoms with Crippen molar-refractivity contribution in [3.8, 4) is 0 Å². The van der Waals surface area contributed by atoms with E-state index >= 15 is 0 Å². The average Bonchev–Trinajstić information content (AvgIpc) is 2.36. The van der Waals surface area contributed by atoms with Crippen LogP contribution in [0.5, 0.6) is 0 Å². The van der Waals surface area contributed by atoms with Crippen molar-refractivity contribution in [3.63, 3.8) is 0 Å². The number of aryl methyl sites for hydroxylation is 3. The Bertz CT molecular complexity index is 593. The number of nitrogens with one attached hydrogen (secondary N) is 1. The minimum atomic E-state index is -0.217. The van der Waals surface area contributed by atoms with Crippen LogP contribution in [0.15, 0.2) is 30.5 Å². The molecule has 19 heavy (non-hydrogen) atoms. The molecule has 2 aromatic rings. The molecule has 1 N–H and O–H groups in total. The van der Waals surface area contributed by atoms with Crippen molar-refractivity contribution >= 4 is 0 Å². The highest BCUT2D eigenvalue weighted by molar-refractivity contribution is 5.38. The first-order valence-corrected chi connectivity index (χ1v) is 6.39. The highest BCUT2D eigenvalue weighted by atomic mass is 19.1. The second-order valence-corrected chi connectivity index (χ2v) is 4.94. The molecule has 2 nitrogen and oxygen atoms in total. The normalized spacial score (nSPS) is 12.5. The molecule has 3 heteroatoms. The van der Waals surface area contributed by atoms with E-state index in [0.29, 0.717) is 0 Å². The van der Waals surface area contributed by atoms with Gasteiger partial charge in [-0.3, -0.25) is 4.98 Å². The molecule has 1 aromatic carbocycles. The molecule has 100 valence electrons. The Hall–Kier alpha value is -1.74. The summed E-state index contributed by atoms with van der Waals surface area (Å²) < 4.78 is 13.5. The SMILES string of the molecule is CNC(c1cc(F)ccc1C)c1ncc(C)cc1C. The molecule has 0 bridgehead atoms. The summed E-state index contributed by atoms with van der Waals surface area (Å²) in [7, 11) is 1.87. The zero-order valence-corrected chi connectivity index (χ0v) is 11.8. The van der Waals surface area contributed by atoms with Crippen LogP contribution >= 0.6 is 0 Å². The zero-order valence-electron chi connectivity index (χ0n) is 11.8. The maximum atomic E-state index is 13.5. The van der Waals surface area contributed by atoms with E-state index in [4.69, 9.17) is 0 Å². The predicted molar refractivity (Wildman–Crippen MR) is 75.8 cm³/mol. The summed E-state index contributed by atoms with van der Waals surface area (Å²) in [5.74, 6) is -0.217. The van der Waals surface area contributed by atoms with E-state index in [1.54, 1.807) is 12.1 Å². The third-order valence-electron chi connectivity index (χ3n) is 3.37. The Labute approximate surface area is 113 Å². The molecular weight excluding hydrogens is 239 g/mol. The summed E-state index contributed by atoms with van der Waals surface area (Å²) in [6, 6.07) is 6.88. The van der Waals surface area contributed by atoms with Gasteiger partial charge in [0, 0.05) is 6.20 Å². The van der Waals surface area contributed by atoms with Gasteiger partial charge >= 0.3 is 0 Å². The largest absolute Gasteiger partial charge is 0.308 e. The monoisotopic (exact) mass is 258 g/mol. The van der Waals surface area contributed by atoms with Gasteiger partial charge in [0.05, 0.1) is 11.7 Å². The van der Waals surface area contributed by atoms with Gasteiger partial charge < -0.3 is 5.32 Å². The first-order valence-electron chi connectivity index (χ1n) is 6.39. The smallest absolute Gasteiger partial charge is 0.123 e. The topological polar surface area (TPSA) is 24.9 Å². The molecule has 0 spiro atoms. The lowest BCUT2D eigenvalue weighted by Gasteiger charge is -2.20. The standard InChI is InChI=1S/C16H19FN2/c1-10-7-12(3)15(19-9-10)16(18-4)14-8-13(17)6-5-11(14)2/h5-9,16,18H,1-4H3. The molecule has 1 unspecified atom stereocenters. The Kier molecular flexibility index (Phi) is 3.96. The Morgan fingerprint density at radius 1 is 1.11 bits per heavy atom. The fraction of sp³-hybridized carbons (Fsp3) is 0.312. The third-order valence-corrected chi connectivity index (χ3v) is 3.37. The van der Waals surface area contributed by atoms with Crippen LogP contribution in [0, 0.1) is 26.6 Å². The van der Waals surface area contributed by atoms with E-state index < -0.39 is 0 Å². The van der Waals surface area contributed by atoms with E-state index in [2.05, 4.69) is 16.4 Å². The molecule has 0 amide bonds. The van der Waals surface area contributed by atoms with Crippen molar-refractivity contribution < 1.29 is 4.39 Å². The summed E-state index contributed by atoms with van der Waals surface area (Å²) in [5.41, 5.74) is 5.18. The number of halogens is 1. The second kappa shape index (κ2) is 5.49. The van der Waals surface area contributed by atoms with Crippen LogP contribution in [0.25, 0.3) is 0 Å². The zero-order chi connectivity index (χ0) is 14.0. The number of benzene rings is 1. The molecule has 1 aromatic heterocycles. The summed E-state index contributed by atoms with van der Waals surface area (Å²) in [5, 5.41) is 3.23. The van der Waals surface area contributed by atoms with Gasteiger partial charge in [0.2, 0.25) is 0 Å². The molecule has 0 aliphatic heterocycles. The van der Waals surface area contributed by atoms with Crippen molar-refractivity contribution in [2.45, 2.75) is 26.8 Å². The fourth-order valence-corrected chi connectivity index (χ4v) is 2.39. The lowest BCUT2D eigenvalue weighted by atomic mass is 9.95. The number of hydrogen-bond donors (Lipinski definition) is 1. The molecular formula is C16H19FN2. The van der Waals surface area contributed by atoms with E-state index in [9.17, 15) is 4.39 Å². The molecule has 0 aliphatic rings. The highest BCUT2D eigenvalue weighted by Crippen LogP contribution is 2.26. The maximum Gasteiger partial charge on any atom is 0.123 e. The molecule has 1 atom stereocenters. The van der Waals surface area contributed by atoms with E-state index in [1.165, 1.54) is 6.07 Å². The van der Waals surface area contributed by atoms with Crippen LogP contribution in [-0.4, -0.2) is 12.0 Å². The number of pyridine rings is 1. The number of rotatable bonds is 3. The summed E-state index contributed by atoms with van der Waals surface area (Å²) >= 11 is 0.